The number of rotatable bonds is 5. The molecule has 100 valence electrons. The van der Waals surface area contributed by atoms with Gasteiger partial charge >= 0.3 is 0 Å². The van der Waals surface area contributed by atoms with Crippen LogP contribution in [0.4, 0.5) is 0 Å². The van der Waals surface area contributed by atoms with E-state index in [1.165, 1.54) is 0 Å². The Balaban J connectivity index is 1.65. The Labute approximate surface area is 104 Å². The second kappa shape index (κ2) is 5.24. The first kappa shape index (κ1) is 13.3. The van der Waals surface area contributed by atoms with Crippen LogP contribution in [0.2, 0.25) is 0 Å². The molecule has 1 saturated heterocycles. The van der Waals surface area contributed by atoms with Crippen molar-refractivity contribution in [3.05, 3.63) is 0 Å². The molecular weight excluding hydrogens is 238 g/mol. The van der Waals surface area contributed by atoms with E-state index in [1.807, 2.05) is 0 Å². The van der Waals surface area contributed by atoms with Crippen LogP contribution in [0.25, 0.3) is 0 Å². The Bertz CT molecular complexity index is 331. The molecule has 0 amide bonds. The molecule has 1 spiro atoms. The van der Waals surface area contributed by atoms with Crippen molar-refractivity contribution in [3.63, 3.8) is 0 Å². The van der Waals surface area contributed by atoms with Crippen molar-refractivity contribution in [3.8, 4) is 0 Å². The minimum atomic E-state index is -2.67. The van der Waals surface area contributed by atoms with Crippen LogP contribution < -0.4 is 5.32 Å². The molecule has 4 nitrogen and oxygen atoms in total. The van der Waals surface area contributed by atoms with E-state index in [2.05, 4.69) is 5.32 Å². The highest BCUT2D eigenvalue weighted by Crippen LogP contribution is 2.45. The summed E-state index contributed by atoms with van der Waals surface area (Å²) in [6.45, 7) is 1.81. The fourth-order valence-electron chi connectivity index (χ4n) is 3.14. The van der Waals surface area contributed by atoms with E-state index >= 15 is 0 Å². The van der Waals surface area contributed by atoms with Gasteiger partial charge in [-0.1, -0.05) is 0 Å². The molecule has 0 aromatic carbocycles. The molecule has 1 N–H and O–H groups in total. The highest BCUT2D eigenvalue weighted by Gasteiger charge is 2.49. The summed E-state index contributed by atoms with van der Waals surface area (Å²) < 4.78 is 27.5. The summed E-state index contributed by atoms with van der Waals surface area (Å²) in [7, 11) is -0.945. The van der Waals surface area contributed by atoms with Crippen LogP contribution >= 0.6 is 0 Å². The molecular formula is C12H23NO3S. The number of hydrogen-bond donors (Lipinski definition) is 1. The zero-order valence-electron chi connectivity index (χ0n) is 10.6. The first-order valence-corrected chi connectivity index (χ1v) is 8.30. The molecule has 1 aliphatic carbocycles. The van der Waals surface area contributed by atoms with Gasteiger partial charge in [-0.15, -0.1) is 0 Å². The number of sulfone groups is 1. The summed E-state index contributed by atoms with van der Waals surface area (Å²) in [6.07, 6.45) is 5.46. The zero-order valence-corrected chi connectivity index (χ0v) is 11.4. The molecule has 1 saturated carbocycles. The van der Waals surface area contributed by atoms with Gasteiger partial charge in [0.1, 0.15) is 0 Å². The third kappa shape index (κ3) is 3.42. The van der Waals surface area contributed by atoms with Gasteiger partial charge in [-0.2, -0.15) is 0 Å². The number of methoxy groups -OCH3 is 1. The van der Waals surface area contributed by atoms with Crippen LogP contribution in [0, 0.1) is 5.41 Å². The monoisotopic (exact) mass is 261 g/mol. The molecule has 0 unspecified atom stereocenters. The Morgan fingerprint density at radius 2 is 1.94 bits per heavy atom. The molecule has 0 bridgehead atoms. The normalized spacial score (nSPS) is 26.9. The molecule has 2 rings (SSSR count). The predicted molar refractivity (Wildman–Crippen MR) is 67.8 cm³/mol. The van der Waals surface area contributed by atoms with E-state index < -0.39 is 9.84 Å². The van der Waals surface area contributed by atoms with Crippen LogP contribution in [-0.2, 0) is 14.6 Å². The standard InChI is InChI=1S/C12H23NO3S/c1-16-8-2-7-13-11-3-5-12(6-4-11)9-17(14,15)10-12/h11,13H,2-10H2,1H3. The molecule has 5 heteroatoms. The summed E-state index contributed by atoms with van der Waals surface area (Å²) in [5, 5.41) is 3.53. The van der Waals surface area contributed by atoms with Gasteiger partial charge in [0.05, 0.1) is 11.5 Å². The van der Waals surface area contributed by atoms with E-state index in [4.69, 9.17) is 4.74 Å². The fraction of sp³-hybridized carbons (Fsp3) is 1.00. The molecule has 1 heterocycles. The number of ether oxygens (including phenoxy) is 1. The van der Waals surface area contributed by atoms with Gasteiger partial charge in [-0.3, -0.25) is 0 Å². The SMILES string of the molecule is COCCCNC1CCC2(CC1)CS(=O)(=O)C2. The first-order valence-electron chi connectivity index (χ1n) is 6.48. The average Bonchev–Trinajstić information content (AvgIpc) is 2.24. The van der Waals surface area contributed by atoms with Gasteiger partial charge in [0.2, 0.25) is 0 Å². The van der Waals surface area contributed by atoms with Crippen molar-refractivity contribution in [1.82, 2.24) is 5.32 Å². The van der Waals surface area contributed by atoms with Crippen molar-refractivity contribution >= 4 is 9.84 Å². The maximum atomic E-state index is 11.3. The van der Waals surface area contributed by atoms with Crippen LogP contribution in [0.15, 0.2) is 0 Å². The Morgan fingerprint density at radius 3 is 2.47 bits per heavy atom. The molecule has 17 heavy (non-hydrogen) atoms. The Hall–Kier alpha value is -0.130. The largest absolute Gasteiger partial charge is 0.385 e. The zero-order chi connectivity index (χ0) is 12.4. The van der Waals surface area contributed by atoms with Gasteiger partial charge in [0.25, 0.3) is 0 Å². The number of hydrogen-bond acceptors (Lipinski definition) is 4. The Kier molecular flexibility index (Phi) is 4.10. The van der Waals surface area contributed by atoms with Crippen molar-refractivity contribution in [2.45, 2.75) is 38.1 Å². The van der Waals surface area contributed by atoms with Crippen LogP contribution in [0.5, 0.6) is 0 Å². The van der Waals surface area contributed by atoms with Gasteiger partial charge < -0.3 is 10.1 Å². The first-order chi connectivity index (χ1) is 8.05. The van der Waals surface area contributed by atoms with Gasteiger partial charge in [0, 0.05) is 19.8 Å². The van der Waals surface area contributed by atoms with E-state index in [0.717, 1.165) is 45.3 Å². The maximum Gasteiger partial charge on any atom is 0.151 e. The van der Waals surface area contributed by atoms with Gasteiger partial charge in [-0.05, 0) is 44.1 Å². The lowest BCUT2D eigenvalue weighted by atomic mass is 9.74. The van der Waals surface area contributed by atoms with Crippen LogP contribution in [-0.4, -0.2) is 46.2 Å². The molecule has 0 atom stereocenters. The molecule has 0 aromatic heterocycles. The van der Waals surface area contributed by atoms with E-state index in [1.54, 1.807) is 7.11 Å². The second-order valence-corrected chi connectivity index (χ2v) is 7.67. The lowest BCUT2D eigenvalue weighted by Crippen LogP contribution is -2.52. The minimum Gasteiger partial charge on any atom is -0.385 e. The number of nitrogens with one attached hydrogen (secondary N) is 1. The summed E-state index contributed by atoms with van der Waals surface area (Å²) in [5.74, 6) is 0.882. The van der Waals surface area contributed by atoms with Crippen molar-refractivity contribution in [1.29, 1.82) is 0 Å². The molecule has 1 aliphatic heterocycles. The topological polar surface area (TPSA) is 55.4 Å². The van der Waals surface area contributed by atoms with Gasteiger partial charge in [0.15, 0.2) is 9.84 Å². The van der Waals surface area contributed by atoms with E-state index in [-0.39, 0.29) is 5.41 Å². The molecule has 0 aromatic rings. The van der Waals surface area contributed by atoms with Crippen molar-refractivity contribution < 1.29 is 13.2 Å². The third-order valence-electron chi connectivity index (χ3n) is 4.06. The lowest BCUT2D eigenvalue weighted by Gasteiger charge is -2.46. The second-order valence-electron chi connectivity index (χ2n) is 5.61. The minimum absolute atomic E-state index is 0.156. The maximum absolute atomic E-state index is 11.3. The summed E-state index contributed by atoms with van der Waals surface area (Å²) in [5.41, 5.74) is 0.156. The molecule has 2 aliphatic rings. The van der Waals surface area contributed by atoms with Crippen molar-refractivity contribution in [2.75, 3.05) is 31.8 Å². The average molecular weight is 261 g/mol. The Morgan fingerprint density at radius 1 is 1.29 bits per heavy atom. The molecule has 0 radical (unpaired) electrons. The fourth-order valence-corrected chi connectivity index (χ4v) is 5.50. The smallest absolute Gasteiger partial charge is 0.151 e. The summed E-state index contributed by atoms with van der Waals surface area (Å²) in [6, 6.07) is 0.584. The van der Waals surface area contributed by atoms with Gasteiger partial charge in [-0.25, -0.2) is 8.42 Å². The highest BCUT2D eigenvalue weighted by atomic mass is 32.2. The third-order valence-corrected chi connectivity index (χ3v) is 6.16. The van der Waals surface area contributed by atoms with Crippen molar-refractivity contribution in [2.24, 2.45) is 5.41 Å². The van der Waals surface area contributed by atoms with Crippen LogP contribution in [0.1, 0.15) is 32.1 Å². The quantitative estimate of drug-likeness (QED) is 0.749. The highest BCUT2D eigenvalue weighted by molar-refractivity contribution is 7.92. The van der Waals surface area contributed by atoms with E-state index in [9.17, 15) is 8.42 Å². The predicted octanol–water partition coefficient (Wildman–Crippen LogP) is 0.970. The lowest BCUT2D eigenvalue weighted by molar-refractivity contribution is 0.178. The summed E-state index contributed by atoms with van der Waals surface area (Å²) in [4.78, 5) is 0. The van der Waals surface area contributed by atoms with E-state index in [0.29, 0.717) is 17.5 Å². The molecule has 2 fully saturated rings. The summed E-state index contributed by atoms with van der Waals surface area (Å²) >= 11 is 0. The van der Waals surface area contributed by atoms with Crippen LogP contribution in [0.3, 0.4) is 0 Å².